The van der Waals surface area contributed by atoms with Gasteiger partial charge in [0, 0.05) is 28.7 Å². The summed E-state index contributed by atoms with van der Waals surface area (Å²) in [5.74, 6) is 0.613. The van der Waals surface area contributed by atoms with Gasteiger partial charge in [0.25, 0.3) is 11.5 Å². The highest BCUT2D eigenvalue weighted by Crippen LogP contribution is 2.21. The van der Waals surface area contributed by atoms with Gasteiger partial charge in [-0.05, 0) is 61.7 Å². The Hall–Kier alpha value is -2.47. The molecule has 1 aromatic heterocycles. The first kappa shape index (κ1) is 17.9. The number of fused-ring (bicyclic) bond motifs is 2. The number of halogens is 1. The molecule has 0 atom stereocenters. The largest absolute Gasteiger partial charge is 0.322 e. The number of carbonyl (C=O) groups is 1. The van der Waals surface area contributed by atoms with Gasteiger partial charge in [0.1, 0.15) is 5.82 Å². The van der Waals surface area contributed by atoms with Crippen LogP contribution in [0.1, 0.15) is 41.0 Å². The number of benzene rings is 2. The lowest BCUT2D eigenvalue weighted by Crippen LogP contribution is -2.24. The van der Waals surface area contributed by atoms with Gasteiger partial charge < -0.3 is 5.32 Å². The van der Waals surface area contributed by atoms with Crippen LogP contribution in [0, 0.1) is 6.92 Å². The van der Waals surface area contributed by atoms with Gasteiger partial charge in [-0.1, -0.05) is 22.4 Å². The maximum atomic E-state index is 12.8. The molecule has 6 heteroatoms. The van der Waals surface area contributed by atoms with Crippen molar-refractivity contribution in [2.75, 3.05) is 5.32 Å². The van der Waals surface area contributed by atoms with Crippen molar-refractivity contribution in [2.24, 2.45) is 0 Å². The highest BCUT2D eigenvalue weighted by molar-refractivity contribution is 9.10. The van der Waals surface area contributed by atoms with Crippen molar-refractivity contribution in [2.45, 2.75) is 39.2 Å². The number of carbonyl (C=O) groups excluding carboxylic acids is 1. The second-order valence-corrected chi connectivity index (χ2v) is 7.80. The summed E-state index contributed by atoms with van der Waals surface area (Å²) in [6, 6.07) is 10.8. The zero-order chi connectivity index (χ0) is 19.0. The molecule has 1 amide bonds. The molecular formula is C21H20BrN3O2. The Balaban J connectivity index is 1.69. The van der Waals surface area contributed by atoms with Crippen LogP contribution in [0.2, 0.25) is 0 Å². The zero-order valence-electron chi connectivity index (χ0n) is 15.1. The molecule has 2 aromatic carbocycles. The monoisotopic (exact) mass is 425 g/mol. The maximum Gasteiger partial charge on any atom is 0.261 e. The number of rotatable bonds is 2. The summed E-state index contributed by atoms with van der Waals surface area (Å²) in [5, 5.41) is 3.47. The fourth-order valence-corrected chi connectivity index (χ4v) is 3.73. The van der Waals surface area contributed by atoms with Crippen LogP contribution in [-0.4, -0.2) is 15.5 Å². The predicted molar refractivity (Wildman–Crippen MR) is 110 cm³/mol. The Morgan fingerprint density at radius 2 is 2.00 bits per heavy atom. The van der Waals surface area contributed by atoms with Crippen molar-refractivity contribution in [1.82, 2.24) is 9.55 Å². The number of nitrogens with one attached hydrogen (secondary N) is 1. The van der Waals surface area contributed by atoms with Gasteiger partial charge >= 0.3 is 0 Å². The third kappa shape index (κ3) is 3.54. The lowest BCUT2D eigenvalue weighted by molar-refractivity contribution is 0.102. The SMILES string of the molecule is Cc1cc(NC(=O)c2ccc3c(=O)n4c(nc3c2)CCCCC4)ccc1Br. The molecule has 1 N–H and O–H groups in total. The van der Waals surface area contributed by atoms with Crippen molar-refractivity contribution in [3.05, 3.63) is 68.2 Å². The Kier molecular flexibility index (Phi) is 4.83. The van der Waals surface area contributed by atoms with E-state index in [9.17, 15) is 9.59 Å². The molecule has 0 saturated heterocycles. The summed E-state index contributed by atoms with van der Waals surface area (Å²) < 4.78 is 2.79. The van der Waals surface area contributed by atoms with Crippen molar-refractivity contribution in [3.63, 3.8) is 0 Å². The summed E-state index contributed by atoms with van der Waals surface area (Å²) in [5.41, 5.74) is 2.85. The molecule has 3 aromatic rings. The molecule has 1 aliphatic rings. The van der Waals surface area contributed by atoms with Crippen molar-refractivity contribution in [3.8, 4) is 0 Å². The third-order valence-corrected chi connectivity index (χ3v) is 5.88. The van der Waals surface area contributed by atoms with Gasteiger partial charge in [-0.15, -0.1) is 0 Å². The molecular weight excluding hydrogens is 406 g/mol. The van der Waals surface area contributed by atoms with Gasteiger partial charge in [-0.3, -0.25) is 14.2 Å². The van der Waals surface area contributed by atoms with E-state index in [4.69, 9.17) is 0 Å². The van der Waals surface area contributed by atoms with Gasteiger partial charge in [-0.25, -0.2) is 4.98 Å². The van der Waals surface area contributed by atoms with Crippen LogP contribution < -0.4 is 10.9 Å². The summed E-state index contributed by atoms with van der Waals surface area (Å²) >= 11 is 3.46. The van der Waals surface area contributed by atoms with E-state index in [0.717, 1.165) is 53.8 Å². The topological polar surface area (TPSA) is 64.0 Å². The minimum atomic E-state index is -0.213. The molecule has 0 aliphatic carbocycles. The maximum absolute atomic E-state index is 12.8. The van der Waals surface area contributed by atoms with E-state index in [1.165, 1.54) is 0 Å². The molecule has 5 nitrogen and oxygen atoms in total. The molecule has 0 bridgehead atoms. The second-order valence-electron chi connectivity index (χ2n) is 6.95. The van der Waals surface area contributed by atoms with Crippen LogP contribution in [0.3, 0.4) is 0 Å². The molecule has 1 aliphatic heterocycles. The van der Waals surface area contributed by atoms with Crippen molar-refractivity contribution < 1.29 is 4.79 Å². The minimum Gasteiger partial charge on any atom is -0.322 e. The van der Waals surface area contributed by atoms with Gasteiger partial charge in [-0.2, -0.15) is 0 Å². The fourth-order valence-electron chi connectivity index (χ4n) is 3.49. The van der Waals surface area contributed by atoms with E-state index in [0.29, 0.717) is 16.5 Å². The quantitative estimate of drug-likeness (QED) is 0.659. The van der Waals surface area contributed by atoms with Crippen LogP contribution >= 0.6 is 15.9 Å². The number of aryl methyl sites for hydroxylation is 2. The van der Waals surface area contributed by atoms with Crippen LogP contribution in [0.25, 0.3) is 10.9 Å². The molecule has 0 fully saturated rings. The summed E-state index contributed by atoms with van der Waals surface area (Å²) in [7, 11) is 0. The molecule has 2 heterocycles. The first-order chi connectivity index (χ1) is 13.0. The van der Waals surface area contributed by atoms with Crippen molar-refractivity contribution >= 4 is 38.4 Å². The number of anilines is 1. The Bertz CT molecular complexity index is 1100. The van der Waals surface area contributed by atoms with Crippen LogP contribution in [-0.2, 0) is 13.0 Å². The lowest BCUT2D eigenvalue weighted by Gasteiger charge is -2.11. The highest BCUT2D eigenvalue weighted by atomic mass is 79.9. The number of hydrogen-bond acceptors (Lipinski definition) is 3. The van der Waals surface area contributed by atoms with Crippen LogP contribution in [0.15, 0.2) is 45.7 Å². The standard InChI is InChI=1S/C21H20BrN3O2/c1-13-11-15(7-9-17(13)22)23-20(26)14-6-8-16-18(12-14)24-19-5-3-2-4-10-25(19)21(16)27/h6-9,11-12H,2-5,10H2,1H3,(H,23,26). The average molecular weight is 426 g/mol. The first-order valence-corrected chi connectivity index (χ1v) is 9.93. The highest BCUT2D eigenvalue weighted by Gasteiger charge is 2.15. The summed E-state index contributed by atoms with van der Waals surface area (Å²) in [4.78, 5) is 30.1. The molecule has 0 unspecified atom stereocenters. The number of hydrogen-bond donors (Lipinski definition) is 1. The molecule has 4 rings (SSSR count). The predicted octanol–water partition coefficient (Wildman–Crippen LogP) is 4.45. The third-order valence-electron chi connectivity index (χ3n) is 4.99. The normalized spacial score (nSPS) is 13.9. The van der Waals surface area contributed by atoms with E-state index < -0.39 is 0 Å². The average Bonchev–Trinajstić information content (AvgIpc) is 2.90. The van der Waals surface area contributed by atoms with Crippen LogP contribution in [0.5, 0.6) is 0 Å². The smallest absolute Gasteiger partial charge is 0.261 e. The Labute approximate surface area is 165 Å². The summed E-state index contributed by atoms with van der Waals surface area (Å²) in [6.45, 7) is 2.70. The van der Waals surface area contributed by atoms with Gasteiger partial charge in [0.05, 0.1) is 10.9 Å². The van der Waals surface area contributed by atoms with Gasteiger partial charge in [0.2, 0.25) is 0 Å². The Morgan fingerprint density at radius 3 is 2.81 bits per heavy atom. The summed E-state index contributed by atoms with van der Waals surface area (Å²) in [6.07, 6.45) is 3.97. The number of aromatic nitrogens is 2. The molecule has 0 saturated carbocycles. The van der Waals surface area contributed by atoms with Crippen molar-refractivity contribution in [1.29, 1.82) is 0 Å². The lowest BCUT2D eigenvalue weighted by atomic mass is 10.1. The number of amides is 1. The molecule has 0 radical (unpaired) electrons. The number of nitrogens with zero attached hydrogens (tertiary/aromatic N) is 2. The minimum absolute atomic E-state index is 0.00704. The molecule has 0 spiro atoms. The zero-order valence-corrected chi connectivity index (χ0v) is 16.7. The van der Waals surface area contributed by atoms with Gasteiger partial charge in [0.15, 0.2) is 0 Å². The van der Waals surface area contributed by atoms with E-state index in [-0.39, 0.29) is 11.5 Å². The first-order valence-electron chi connectivity index (χ1n) is 9.14. The Morgan fingerprint density at radius 1 is 1.15 bits per heavy atom. The second kappa shape index (κ2) is 7.27. The van der Waals surface area contributed by atoms with E-state index in [2.05, 4.69) is 26.2 Å². The van der Waals surface area contributed by atoms with E-state index >= 15 is 0 Å². The van der Waals surface area contributed by atoms with E-state index in [1.54, 1.807) is 22.8 Å². The molecule has 27 heavy (non-hydrogen) atoms. The molecule has 138 valence electrons. The fraction of sp³-hybridized carbons (Fsp3) is 0.286. The van der Waals surface area contributed by atoms with Crippen LogP contribution in [0.4, 0.5) is 5.69 Å². The van der Waals surface area contributed by atoms with E-state index in [1.807, 2.05) is 25.1 Å².